The minimum absolute atomic E-state index is 0.0997. The molecule has 0 radical (unpaired) electrons. The van der Waals surface area contributed by atoms with Crippen LogP contribution in [0.4, 0.5) is 11.6 Å². The first kappa shape index (κ1) is 17.1. The Kier molecular flexibility index (Phi) is 4.53. The lowest BCUT2D eigenvalue weighted by atomic mass is 10.2. The zero-order valence-corrected chi connectivity index (χ0v) is 15.4. The lowest BCUT2D eigenvalue weighted by Crippen LogP contribution is -2.53. The second-order valence-electron chi connectivity index (χ2n) is 6.63. The molecular formula is C19H21N7O. The van der Waals surface area contributed by atoms with E-state index in [9.17, 15) is 4.79 Å². The third-order valence-electron chi connectivity index (χ3n) is 4.87. The summed E-state index contributed by atoms with van der Waals surface area (Å²) in [5, 5.41) is 0. The van der Waals surface area contributed by atoms with Gasteiger partial charge >= 0.3 is 0 Å². The Bertz CT molecular complexity index is 974. The first-order chi connectivity index (χ1) is 13.1. The van der Waals surface area contributed by atoms with Crippen molar-refractivity contribution in [3.63, 3.8) is 0 Å². The van der Waals surface area contributed by atoms with E-state index < -0.39 is 0 Å². The zero-order valence-electron chi connectivity index (χ0n) is 15.4. The molecule has 27 heavy (non-hydrogen) atoms. The van der Waals surface area contributed by atoms with Gasteiger partial charge in [0.1, 0.15) is 6.33 Å². The summed E-state index contributed by atoms with van der Waals surface area (Å²) in [6, 6.07) is 7.52. The molecule has 1 unspecified atom stereocenters. The largest absolute Gasteiger partial charge is 0.368 e. The van der Waals surface area contributed by atoms with Crippen molar-refractivity contribution in [3.8, 4) is 11.4 Å². The molecule has 0 N–H and O–H groups in total. The van der Waals surface area contributed by atoms with Crippen molar-refractivity contribution in [1.29, 1.82) is 0 Å². The van der Waals surface area contributed by atoms with Gasteiger partial charge in [0.25, 0.3) is 5.56 Å². The van der Waals surface area contributed by atoms with Gasteiger partial charge in [0.05, 0.1) is 11.4 Å². The Morgan fingerprint density at radius 1 is 1.04 bits per heavy atom. The lowest BCUT2D eigenvalue weighted by Gasteiger charge is -2.41. The van der Waals surface area contributed by atoms with Crippen molar-refractivity contribution in [2.75, 3.05) is 29.4 Å². The highest BCUT2D eigenvalue weighted by molar-refractivity contribution is 5.56. The number of hydrogen-bond donors (Lipinski definition) is 0. The highest BCUT2D eigenvalue weighted by Crippen LogP contribution is 2.23. The minimum atomic E-state index is -0.0997. The summed E-state index contributed by atoms with van der Waals surface area (Å²) in [5.41, 5.74) is 2.27. The average Bonchev–Trinajstić information content (AvgIpc) is 2.71. The predicted molar refractivity (Wildman–Crippen MR) is 104 cm³/mol. The SMILES string of the molecule is CC1CN(c2ccncc2)CCN1c1nc(-c2ccncn2)cc(=O)n1C. The molecule has 0 amide bonds. The van der Waals surface area contributed by atoms with Crippen LogP contribution in [0.2, 0.25) is 0 Å². The predicted octanol–water partition coefficient (Wildman–Crippen LogP) is 1.35. The Morgan fingerprint density at radius 3 is 2.52 bits per heavy atom. The van der Waals surface area contributed by atoms with Gasteiger partial charge in [-0.25, -0.2) is 15.0 Å². The quantitative estimate of drug-likeness (QED) is 0.695. The summed E-state index contributed by atoms with van der Waals surface area (Å²) in [7, 11) is 1.76. The molecule has 0 aliphatic carbocycles. The second-order valence-corrected chi connectivity index (χ2v) is 6.63. The maximum absolute atomic E-state index is 12.5. The fraction of sp³-hybridized carbons (Fsp3) is 0.316. The first-order valence-electron chi connectivity index (χ1n) is 8.89. The van der Waals surface area contributed by atoms with E-state index >= 15 is 0 Å². The van der Waals surface area contributed by atoms with Crippen molar-refractivity contribution in [1.82, 2.24) is 24.5 Å². The maximum atomic E-state index is 12.5. The maximum Gasteiger partial charge on any atom is 0.255 e. The fourth-order valence-corrected chi connectivity index (χ4v) is 3.40. The summed E-state index contributed by atoms with van der Waals surface area (Å²) >= 11 is 0. The number of piperazine rings is 1. The van der Waals surface area contributed by atoms with Crippen LogP contribution >= 0.6 is 0 Å². The third-order valence-corrected chi connectivity index (χ3v) is 4.87. The Hall–Kier alpha value is -3.29. The molecule has 1 fully saturated rings. The molecule has 3 aromatic rings. The van der Waals surface area contributed by atoms with Crippen molar-refractivity contribution < 1.29 is 0 Å². The molecule has 1 atom stereocenters. The van der Waals surface area contributed by atoms with Crippen LogP contribution < -0.4 is 15.4 Å². The molecule has 4 rings (SSSR count). The molecule has 1 saturated heterocycles. The minimum Gasteiger partial charge on any atom is -0.368 e. The van der Waals surface area contributed by atoms with E-state index in [1.807, 2.05) is 24.5 Å². The second kappa shape index (κ2) is 7.14. The zero-order chi connectivity index (χ0) is 18.8. The van der Waals surface area contributed by atoms with Crippen molar-refractivity contribution in [3.05, 3.63) is 59.5 Å². The van der Waals surface area contributed by atoms with Gasteiger partial charge in [-0.1, -0.05) is 0 Å². The van der Waals surface area contributed by atoms with Crippen molar-refractivity contribution in [2.45, 2.75) is 13.0 Å². The van der Waals surface area contributed by atoms with E-state index in [-0.39, 0.29) is 11.6 Å². The number of anilines is 2. The fourth-order valence-electron chi connectivity index (χ4n) is 3.40. The normalized spacial score (nSPS) is 17.2. The summed E-state index contributed by atoms with van der Waals surface area (Å²) < 4.78 is 1.60. The van der Waals surface area contributed by atoms with Crippen LogP contribution in [0.25, 0.3) is 11.4 Å². The van der Waals surface area contributed by atoms with Crippen molar-refractivity contribution >= 4 is 11.6 Å². The van der Waals surface area contributed by atoms with Crippen LogP contribution in [0.5, 0.6) is 0 Å². The summed E-state index contributed by atoms with van der Waals surface area (Å²) in [5.74, 6) is 0.665. The van der Waals surface area contributed by atoms with Crippen LogP contribution in [0.15, 0.2) is 54.0 Å². The van der Waals surface area contributed by atoms with Gasteiger partial charge in [-0.2, -0.15) is 0 Å². The molecule has 8 nitrogen and oxygen atoms in total. The van der Waals surface area contributed by atoms with E-state index in [2.05, 4.69) is 31.7 Å². The molecule has 138 valence electrons. The number of hydrogen-bond acceptors (Lipinski definition) is 7. The Labute approximate surface area is 157 Å². The molecule has 4 heterocycles. The van der Waals surface area contributed by atoms with Gasteiger partial charge < -0.3 is 9.80 Å². The first-order valence-corrected chi connectivity index (χ1v) is 8.89. The monoisotopic (exact) mass is 363 g/mol. The summed E-state index contributed by atoms with van der Waals surface area (Å²) in [6.45, 7) is 4.62. The summed E-state index contributed by atoms with van der Waals surface area (Å²) in [6.07, 6.45) is 6.73. The Balaban J connectivity index is 1.64. The van der Waals surface area contributed by atoms with Gasteiger partial charge in [-0.3, -0.25) is 14.3 Å². The summed E-state index contributed by atoms with van der Waals surface area (Å²) in [4.78, 5) is 34.0. The molecule has 3 aromatic heterocycles. The van der Waals surface area contributed by atoms with E-state index in [4.69, 9.17) is 4.98 Å². The lowest BCUT2D eigenvalue weighted by molar-refractivity contribution is 0.529. The van der Waals surface area contributed by atoms with Crippen LogP contribution in [-0.2, 0) is 7.05 Å². The Morgan fingerprint density at radius 2 is 1.81 bits per heavy atom. The molecule has 8 heteroatoms. The molecule has 0 bridgehead atoms. The van der Waals surface area contributed by atoms with Gasteiger partial charge in [0, 0.05) is 63.1 Å². The molecule has 1 aliphatic rings. The van der Waals surface area contributed by atoms with E-state index in [1.54, 1.807) is 23.9 Å². The molecule has 0 saturated carbocycles. The number of rotatable bonds is 3. The van der Waals surface area contributed by atoms with Gasteiger partial charge in [-0.15, -0.1) is 0 Å². The molecule has 0 aromatic carbocycles. The molecular weight excluding hydrogens is 342 g/mol. The van der Waals surface area contributed by atoms with E-state index in [0.29, 0.717) is 17.3 Å². The van der Waals surface area contributed by atoms with Crippen LogP contribution in [0, 0.1) is 0 Å². The topological polar surface area (TPSA) is 80.0 Å². The average molecular weight is 363 g/mol. The number of aromatic nitrogens is 5. The highest BCUT2D eigenvalue weighted by atomic mass is 16.1. The number of nitrogens with zero attached hydrogens (tertiary/aromatic N) is 7. The van der Waals surface area contributed by atoms with Crippen LogP contribution in [0.1, 0.15) is 6.92 Å². The molecule has 0 spiro atoms. The van der Waals surface area contributed by atoms with E-state index in [1.165, 1.54) is 12.4 Å². The third kappa shape index (κ3) is 3.38. The van der Waals surface area contributed by atoms with Gasteiger partial charge in [0.2, 0.25) is 5.95 Å². The van der Waals surface area contributed by atoms with Crippen LogP contribution in [0.3, 0.4) is 0 Å². The van der Waals surface area contributed by atoms with Crippen LogP contribution in [-0.4, -0.2) is 50.2 Å². The van der Waals surface area contributed by atoms with E-state index in [0.717, 1.165) is 25.3 Å². The highest BCUT2D eigenvalue weighted by Gasteiger charge is 2.27. The number of pyridine rings is 1. The van der Waals surface area contributed by atoms with Crippen molar-refractivity contribution in [2.24, 2.45) is 7.05 Å². The van der Waals surface area contributed by atoms with Gasteiger partial charge in [0.15, 0.2) is 0 Å². The standard InChI is InChI=1S/C19H21N7O/c1-14-12-25(15-3-6-20-7-4-15)9-10-26(14)19-23-17(11-18(27)24(19)2)16-5-8-21-13-22-16/h3-8,11,13-14H,9-10,12H2,1-2H3. The smallest absolute Gasteiger partial charge is 0.255 e. The molecule has 1 aliphatic heterocycles. The van der Waals surface area contributed by atoms with Gasteiger partial charge in [-0.05, 0) is 25.1 Å².